The number of hydrazine groups is 1. The van der Waals surface area contributed by atoms with Crippen LogP contribution in [0, 0.1) is 0 Å². The van der Waals surface area contributed by atoms with Crippen LogP contribution in [0.25, 0.3) is 0 Å². The molecule has 0 radical (unpaired) electrons. The number of nitrogens with one attached hydrogen (secondary N) is 2. The number of nitrogens with two attached hydrogens (primary N) is 1. The number of anilines is 3. The van der Waals surface area contributed by atoms with Gasteiger partial charge < -0.3 is 10.7 Å². The first-order valence-electron chi connectivity index (χ1n) is 5.68. The van der Waals surface area contributed by atoms with Crippen molar-refractivity contribution < 1.29 is 0 Å². The SMILES string of the molecule is CCc1c(NN)ncnc1Nc1ccc(Cl)cc1Cl. The minimum absolute atomic E-state index is 0.524. The molecule has 5 nitrogen and oxygen atoms in total. The molecular formula is C12H13Cl2N5. The van der Waals surface area contributed by atoms with Crippen molar-refractivity contribution in [2.24, 2.45) is 5.84 Å². The van der Waals surface area contributed by atoms with Gasteiger partial charge in [-0.25, -0.2) is 15.8 Å². The van der Waals surface area contributed by atoms with Gasteiger partial charge in [0.15, 0.2) is 0 Å². The third-order valence-corrected chi connectivity index (χ3v) is 3.17. The maximum Gasteiger partial charge on any atom is 0.148 e. The second-order valence-electron chi connectivity index (χ2n) is 3.80. The van der Waals surface area contributed by atoms with Gasteiger partial charge in [-0.3, -0.25) is 0 Å². The smallest absolute Gasteiger partial charge is 0.148 e. The third-order valence-electron chi connectivity index (χ3n) is 2.62. The molecule has 0 aliphatic rings. The Kier molecular flexibility index (Phi) is 4.42. The van der Waals surface area contributed by atoms with E-state index in [-0.39, 0.29) is 0 Å². The van der Waals surface area contributed by atoms with E-state index in [1.165, 1.54) is 6.33 Å². The molecule has 4 N–H and O–H groups in total. The van der Waals surface area contributed by atoms with Gasteiger partial charge in [0, 0.05) is 10.6 Å². The zero-order chi connectivity index (χ0) is 13.8. The standard InChI is InChI=1S/C12H13Cl2N5/c1-2-8-11(16-6-17-12(8)19-15)18-10-4-3-7(13)5-9(10)14/h3-6H,2,15H2,1H3,(H2,16,17,18,19). The number of nitrogen functional groups attached to an aromatic ring is 1. The zero-order valence-electron chi connectivity index (χ0n) is 10.2. The molecule has 0 aliphatic carbocycles. The fourth-order valence-corrected chi connectivity index (χ4v) is 2.15. The van der Waals surface area contributed by atoms with Crippen molar-refractivity contribution in [3.8, 4) is 0 Å². The van der Waals surface area contributed by atoms with Crippen LogP contribution in [0.1, 0.15) is 12.5 Å². The summed E-state index contributed by atoms with van der Waals surface area (Å²) in [6.45, 7) is 1.99. The molecule has 1 aromatic heterocycles. The van der Waals surface area contributed by atoms with Crippen molar-refractivity contribution in [1.29, 1.82) is 0 Å². The minimum atomic E-state index is 0.524. The third kappa shape index (κ3) is 3.07. The summed E-state index contributed by atoms with van der Waals surface area (Å²) in [5.74, 6) is 6.68. The van der Waals surface area contributed by atoms with Crippen LogP contribution in [0.3, 0.4) is 0 Å². The normalized spacial score (nSPS) is 10.3. The molecule has 19 heavy (non-hydrogen) atoms. The predicted molar refractivity (Wildman–Crippen MR) is 79.0 cm³/mol. The number of halogens is 2. The first-order valence-corrected chi connectivity index (χ1v) is 6.43. The highest BCUT2D eigenvalue weighted by Crippen LogP contribution is 2.30. The summed E-state index contributed by atoms with van der Waals surface area (Å²) in [5, 5.41) is 4.26. The average Bonchev–Trinajstić information content (AvgIpc) is 2.41. The Morgan fingerprint density at radius 3 is 2.58 bits per heavy atom. The molecule has 0 fully saturated rings. The van der Waals surface area contributed by atoms with Crippen molar-refractivity contribution in [2.45, 2.75) is 13.3 Å². The van der Waals surface area contributed by atoms with Gasteiger partial charge in [-0.15, -0.1) is 0 Å². The molecule has 0 atom stereocenters. The van der Waals surface area contributed by atoms with Crippen molar-refractivity contribution in [3.05, 3.63) is 40.1 Å². The van der Waals surface area contributed by atoms with E-state index < -0.39 is 0 Å². The Morgan fingerprint density at radius 2 is 1.95 bits per heavy atom. The summed E-state index contributed by atoms with van der Waals surface area (Å²) in [5.41, 5.74) is 4.16. The number of aromatic nitrogens is 2. The van der Waals surface area contributed by atoms with Gasteiger partial charge in [0.2, 0.25) is 0 Å². The molecule has 0 aliphatic heterocycles. The Balaban J connectivity index is 2.37. The van der Waals surface area contributed by atoms with Crippen molar-refractivity contribution >= 4 is 40.5 Å². The highest BCUT2D eigenvalue weighted by Gasteiger charge is 2.10. The molecule has 0 bridgehead atoms. The second kappa shape index (κ2) is 6.06. The molecule has 2 rings (SSSR count). The Morgan fingerprint density at radius 1 is 1.21 bits per heavy atom. The van der Waals surface area contributed by atoms with Crippen molar-refractivity contribution in [1.82, 2.24) is 9.97 Å². The average molecular weight is 298 g/mol. The lowest BCUT2D eigenvalue weighted by Gasteiger charge is -2.13. The summed E-state index contributed by atoms with van der Waals surface area (Å²) >= 11 is 12.0. The zero-order valence-corrected chi connectivity index (χ0v) is 11.8. The van der Waals surface area contributed by atoms with E-state index in [1.807, 2.05) is 6.92 Å². The number of rotatable bonds is 4. The molecule has 0 amide bonds. The van der Waals surface area contributed by atoms with Gasteiger partial charge >= 0.3 is 0 Å². The van der Waals surface area contributed by atoms with Crippen molar-refractivity contribution in [3.63, 3.8) is 0 Å². The molecular weight excluding hydrogens is 285 g/mol. The molecule has 100 valence electrons. The van der Waals surface area contributed by atoms with Gasteiger partial charge in [-0.05, 0) is 24.6 Å². The van der Waals surface area contributed by atoms with Gasteiger partial charge in [-0.2, -0.15) is 0 Å². The number of hydrogen-bond acceptors (Lipinski definition) is 5. The molecule has 0 saturated heterocycles. The van der Waals surface area contributed by atoms with E-state index in [0.29, 0.717) is 21.7 Å². The molecule has 1 heterocycles. The fourth-order valence-electron chi connectivity index (χ4n) is 1.70. The van der Waals surface area contributed by atoms with E-state index in [0.717, 1.165) is 17.7 Å². The quantitative estimate of drug-likeness (QED) is 0.596. The monoisotopic (exact) mass is 297 g/mol. The van der Waals surface area contributed by atoms with E-state index in [1.54, 1.807) is 18.2 Å². The maximum absolute atomic E-state index is 6.12. The van der Waals surface area contributed by atoms with Crippen molar-refractivity contribution in [2.75, 3.05) is 10.7 Å². The maximum atomic E-state index is 6.12. The van der Waals surface area contributed by atoms with Crippen LogP contribution in [0.5, 0.6) is 0 Å². The Hall–Kier alpha value is -1.56. The van der Waals surface area contributed by atoms with Crippen LogP contribution < -0.4 is 16.6 Å². The van der Waals surface area contributed by atoms with Gasteiger partial charge in [0.25, 0.3) is 0 Å². The number of nitrogens with zero attached hydrogens (tertiary/aromatic N) is 2. The predicted octanol–water partition coefficient (Wildman–Crippen LogP) is 3.38. The van der Waals surface area contributed by atoms with Gasteiger partial charge in [0.05, 0.1) is 10.7 Å². The lowest BCUT2D eigenvalue weighted by Crippen LogP contribution is -2.13. The lowest BCUT2D eigenvalue weighted by atomic mass is 10.2. The number of hydrogen-bond donors (Lipinski definition) is 3. The van der Waals surface area contributed by atoms with E-state index >= 15 is 0 Å². The molecule has 2 aromatic rings. The summed E-state index contributed by atoms with van der Waals surface area (Å²) in [6, 6.07) is 5.22. The Labute approximate surface area is 121 Å². The Bertz CT molecular complexity index is 588. The fraction of sp³-hybridized carbons (Fsp3) is 0.167. The van der Waals surface area contributed by atoms with E-state index in [4.69, 9.17) is 29.0 Å². The lowest BCUT2D eigenvalue weighted by molar-refractivity contribution is 1.04. The number of benzene rings is 1. The van der Waals surface area contributed by atoms with Crippen LogP contribution in [-0.4, -0.2) is 9.97 Å². The second-order valence-corrected chi connectivity index (χ2v) is 4.64. The molecule has 7 heteroatoms. The largest absolute Gasteiger partial charge is 0.339 e. The van der Waals surface area contributed by atoms with Crippen LogP contribution in [0.4, 0.5) is 17.3 Å². The summed E-state index contributed by atoms with van der Waals surface area (Å²) in [4.78, 5) is 8.27. The highest BCUT2D eigenvalue weighted by atomic mass is 35.5. The van der Waals surface area contributed by atoms with Crippen LogP contribution in [-0.2, 0) is 6.42 Å². The van der Waals surface area contributed by atoms with E-state index in [2.05, 4.69) is 20.7 Å². The molecule has 0 spiro atoms. The first-order chi connectivity index (χ1) is 9.15. The summed E-state index contributed by atoms with van der Waals surface area (Å²) in [7, 11) is 0. The van der Waals surface area contributed by atoms with E-state index in [9.17, 15) is 0 Å². The first kappa shape index (κ1) is 13.9. The van der Waals surface area contributed by atoms with Crippen LogP contribution >= 0.6 is 23.2 Å². The summed E-state index contributed by atoms with van der Waals surface area (Å²) < 4.78 is 0. The van der Waals surface area contributed by atoms with Crippen LogP contribution in [0.15, 0.2) is 24.5 Å². The topological polar surface area (TPSA) is 75.9 Å². The van der Waals surface area contributed by atoms with Gasteiger partial charge in [0.1, 0.15) is 18.0 Å². The molecule has 1 aromatic carbocycles. The highest BCUT2D eigenvalue weighted by molar-refractivity contribution is 6.36. The minimum Gasteiger partial charge on any atom is -0.339 e. The van der Waals surface area contributed by atoms with Crippen LogP contribution in [0.2, 0.25) is 10.0 Å². The molecule has 0 saturated carbocycles. The summed E-state index contributed by atoms with van der Waals surface area (Å²) in [6.07, 6.45) is 2.16. The van der Waals surface area contributed by atoms with Gasteiger partial charge in [-0.1, -0.05) is 30.1 Å². The molecule has 0 unspecified atom stereocenters.